The Morgan fingerprint density at radius 2 is 1.74 bits per heavy atom. The highest BCUT2D eigenvalue weighted by Gasteiger charge is 2.69. The molecule has 61 heavy (non-hydrogen) atoms. The van der Waals surface area contributed by atoms with Gasteiger partial charge in [0.15, 0.2) is 24.3 Å². The molecule has 7 fully saturated rings. The molecule has 15 heteroatoms. The summed E-state index contributed by atoms with van der Waals surface area (Å²) in [7, 11) is 0. The Morgan fingerprint density at radius 3 is 2.43 bits per heavy atom. The third-order valence-electron chi connectivity index (χ3n) is 16.9. The average molecular weight is 863 g/mol. The van der Waals surface area contributed by atoms with E-state index in [4.69, 9.17) is 37.9 Å². The van der Waals surface area contributed by atoms with Gasteiger partial charge in [0.25, 0.3) is 0 Å². The molecule has 0 aromatic carbocycles. The number of fused-ring (bicyclic) bond motifs is 7. The maximum atomic E-state index is 13.2. The lowest BCUT2D eigenvalue weighted by Crippen LogP contribution is -2.64. The van der Waals surface area contributed by atoms with E-state index in [2.05, 4.69) is 33.4 Å². The van der Waals surface area contributed by atoms with Crippen LogP contribution in [0.15, 0.2) is 23.8 Å². The smallest absolute Gasteiger partial charge is 0.337 e. The van der Waals surface area contributed by atoms with Crippen molar-refractivity contribution < 1.29 is 73.0 Å². The fraction of sp³-hybridized carbons (Fsp3) is 0.870. The van der Waals surface area contributed by atoms with Crippen molar-refractivity contribution in [1.29, 1.82) is 0 Å². The first-order chi connectivity index (χ1) is 28.8. The molecule has 0 aromatic rings. The van der Waals surface area contributed by atoms with E-state index in [1.807, 2.05) is 6.92 Å². The highest BCUT2D eigenvalue weighted by Crippen LogP contribution is 2.71. The van der Waals surface area contributed by atoms with Gasteiger partial charge in [-0.25, -0.2) is 4.79 Å². The van der Waals surface area contributed by atoms with Crippen LogP contribution < -0.4 is 0 Å². The zero-order valence-corrected chi connectivity index (χ0v) is 36.9. The Kier molecular flexibility index (Phi) is 12.8. The topological polar surface area (TPSA) is 209 Å². The fourth-order valence-corrected chi connectivity index (χ4v) is 13.3. The third-order valence-corrected chi connectivity index (χ3v) is 16.9. The molecule has 0 bridgehead atoms. The van der Waals surface area contributed by atoms with Crippen molar-refractivity contribution in [2.75, 3.05) is 13.2 Å². The molecule has 8 aliphatic rings. The molecule has 5 N–H and O–H groups in total. The van der Waals surface area contributed by atoms with E-state index in [1.165, 1.54) is 13.8 Å². The molecule has 3 saturated carbocycles. The van der Waals surface area contributed by atoms with Crippen LogP contribution in [0.4, 0.5) is 0 Å². The van der Waals surface area contributed by atoms with E-state index < -0.39 is 103 Å². The molecule has 344 valence electrons. The molecule has 4 heterocycles. The zero-order valence-electron chi connectivity index (χ0n) is 36.9. The minimum Gasteiger partial charge on any atom is -0.453 e. The van der Waals surface area contributed by atoms with Crippen molar-refractivity contribution in [3.8, 4) is 0 Å². The summed E-state index contributed by atoms with van der Waals surface area (Å²) in [5.74, 6) is -1.16. The van der Waals surface area contributed by atoms with Gasteiger partial charge >= 0.3 is 11.9 Å². The SMILES string of the molecule is C=C1CC[C@@]2(OC1)OC1CC3C4CC=C5C[C@@H](O)C[C@@H](O[C@@H]6CO[C@H](OC(=O)[C@@H](O)[C@@H](C)CC)[C@H](OC(C)=O)C6O[C@@H]6O[C@@H](C)[C@H](O)[C@@H](O)[C@H]6O)[C@]5(C)C4CC[C@]3(C)C1[C@@H]2C. The molecule has 0 aromatic heterocycles. The predicted octanol–water partition coefficient (Wildman–Crippen LogP) is 3.45. The Hall–Kier alpha value is -2.02. The number of hydrogen-bond acceptors (Lipinski definition) is 15. The van der Waals surface area contributed by atoms with Gasteiger partial charge < -0.3 is 63.4 Å². The lowest BCUT2D eigenvalue weighted by atomic mass is 9.46. The van der Waals surface area contributed by atoms with E-state index in [-0.39, 0.29) is 30.0 Å². The lowest BCUT2D eigenvalue weighted by Gasteiger charge is -2.60. The van der Waals surface area contributed by atoms with E-state index in [1.54, 1.807) is 6.92 Å². The first kappa shape index (κ1) is 45.5. The van der Waals surface area contributed by atoms with Crippen LogP contribution in [-0.2, 0) is 47.5 Å². The lowest BCUT2D eigenvalue weighted by molar-refractivity contribution is -0.351. The summed E-state index contributed by atoms with van der Waals surface area (Å²) in [6.07, 6.45) is -5.98. The van der Waals surface area contributed by atoms with Crippen molar-refractivity contribution in [1.82, 2.24) is 0 Å². The summed E-state index contributed by atoms with van der Waals surface area (Å²) in [6, 6.07) is 0. The van der Waals surface area contributed by atoms with E-state index >= 15 is 0 Å². The van der Waals surface area contributed by atoms with Crippen LogP contribution in [0.1, 0.15) is 106 Å². The summed E-state index contributed by atoms with van der Waals surface area (Å²) >= 11 is 0. The molecule has 22 atom stereocenters. The zero-order chi connectivity index (χ0) is 43.9. The van der Waals surface area contributed by atoms with E-state index in [0.29, 0.717) is 43.6 Å². The molecule has 6 unspecified atom stereocenters. The van der Waals surface area contributed by atoms with Crippen molar-refractivity contribution in [2.24, 2.45) is 46.3 Å². The Morgan fingerprint density at radius 1 is 0.984 bits per heavy atom. The second kappa shape index (κ2) is 17.1. The Bertz CT molecular complexity index is 1680. The molecular weight excluding hydrogens is 792 g/mol. The first-order valence-corrected chi connectivity index (χ1v) is 22.9. The van der Waals surface area contributed by atoms with Gasteiger partial charge in [-0.15, -0.1) is 0 Å². The van der Waals surface area contributed by atoms with Gasteiger partial charge in [0.2, 0.25) is 6.29 Å². The number of aliphatic hydroxyl groups is 5. The van der Waals surface area contributed by atoms with Crippen LogP contribution in [0.2, 0.25) is 0 Å². The summed E-state index contributed by atoms with van der Waals surface area (Å²) in [6.45, 7) is 17.7. The van der Waals surface area contributed by atoms with Crippen molar-refractivity contribution in [3.05, 3.63) is 23.8 Å². The monoisotopic (exact) mass is 862 g/mol. The van der Waals surface area contributed by atoms with Crippen LogP contribution in [0.3, 0.4) is 0 Å². The number of allylic oxidation sites excluding steroid dienone is 1. The quantitative estimate of drug-likeness (QED) is 0.166. The van der Waals surface area contributed by atoms with Gasteiger partial charge in [-0.05, 0) is 80.5 Å². The second-order valence-corrected chi connectivity index (χ2v) is 20.3. The van der Waals surface area contributed by atoms with Crippen LogP contribution in [0.25, 0.3) is 0 Å². The Balaban J connectivity index is 1.08. The largest absolute Gasteiger partial charge is 0.453 e. The summed E-state index contributed by atoms with van der Waals surface area (Å²) in [4.78, 5) is 26.0. The molecule has 0 radical (unpaired) electrons. The highest BCUT2D eigenvalue weighted by atomic mass is 16.8. The minimum atomic E-state index is -1.71. The maximum Gasteiger partial charge on any atom is 0.337 e. The highest BCUT2D eigenvalue weighted by molar-refractivity contribution is 5.75. The van der Waals surface area contributed by atoms with Crippen LogP contribution in [-0.4, -0.2) is 136 Å². The van der Waals surface area contributed by atoms with Gasteiger partial charge in [-0.1, -0.05) is 64.8 Å². The average Bonchev–Trinajstić information content (AvgIpc) is 3.67. The second-order valence-electron chi connectivity index (χ2n) is 20.3. The summed E-state index contributed by atoms with van der Waals surface area (Å²) in [5, 5.41) is 54.4. The standard InChI is InChI=1S/C46H70O15/c1-9-22(3)35(49)41(53)60-43-40(57-25(6)47)39(59-42-38(52)37(51)36(50)24(5)56-42)32(20-54-43)58-33-17-27(48)16-26-10-11-28-29(45(26,33)8)13-14-44(7)30(28)18-31-34(44)23(4)46(61-31)15-12-21(2)19-55-46/h10,22-24,27-40,42-43,48-52H,2,9,11-20H2,1,3-8H3/t22-,23-,24-,27+,28?,29?,30?,31?,32+,33+,34?,35-,36-,37+,38+,39?,40+,42-,43+,44-,45-,46+/m0/s1. The molecule has 8 rings (SSSR count). The predicted molar refractivity (Wildman–Crippen MR) is 216 cm³/mol. The normalized spacial score (nSPS) is 50.4. The molecule has 4 aliphatic carbocycles. The molecule has 1 spiro atoms. The number of hydrogen-bond donors (Lipinski definition) is 5. The number of rotatable bonds is 9. The van der Waals surface area contributed by atoms with E-state index in [9.17, 15) is 35.1 Å². The van der Waals surface area contributed by atoms with Crippen molar-refractivity contribution >= 4 is 11.9 Å². The fourth-order valence-electron chi connectivity index (χ4n) is 13.3. The van der Waals surface area contributed by atoms with Crippen LogP contribution in [0, 0.1) is 46.3 Å². The minimum absolute atomic E-state index is 0.0528. The van der Waals surface area contributed by atoms with Crippen molar-refractivity contribution in [3.63, 3.8) is 0 Å². The van der Waals surface area contributed by atoms with Crippen molar-refractivity contribution in [2.45, 2.75) is 192 Å². The molecule has 4 saturated heterocycles. The van der Waals surface area contributed by atoms with Gasteiger partial charge in [0, 0.05) is 31.1 Å². The summed E-state index contributed by atoms with van der Waals surface area (Å²) < 4.78 is 50.4. The Labute approximate surface area is 359 Å². The maximum absolute atomic E-state index is 13.2. The van der Waals surface area contributed by atoms with Crippen LogP contribution in [0.5, 0.6) is 0 Å². The molecule has 15 nitrogen and oxygen atoms in total. The number of aliphatic hydroxyl groups excluding tert-OH is 5. The number of ether oxygens (including phenoxy) is 8. The van der Waals surface area contributed by atoms with Gasteiger partial charge in [-0.2, -0.15) is 0 Å². The van der Waals surface area contributed by atoms with E-state index in [0.717, 1.165) is 49.7 Å². The molecule has 4 aliphatic heterocycles. The third kappa shape index (κ3) is 7.76. The summed E-state index contributed by atoms with van der Waals surface area (Å²) in [5.41, 5.74) is 1.80. The van der Waals surface area contributed by atoms with Gasteiger partial charge in [0.05, 0.1) is 37.6 Å². The first-order valence-electron chi connectivity index (χ1n) is 22.9. The van der Waals surface area contributed by atoms with Crippen LogP contribution >= 0.6 is 0 Å². The number of esters is 2. The molecule has 0 amide bonds. The molecular formula is C46H70O15. The number of carbonyl (C=O) groups excluding carboxylic acids is 2. The van der Waals surface area contributed by atoms with Gasteiger partial charge in [-0.3, -0.25) is 4.79 Å². The van der Waals surface area contributed by atoms with Gasteiger partial charge in [0.1, 0.15) is 30.5 Å². The number of carbonyl (C=O) groups is 2.